The zero-order valence-electron chi connectivity index (χ0n) is 13.0. The number of hydrogen-bond acceptors (Lipinski definition) is 4. The van der Waals surface area contributed by atoms with Crippen LogP contribution in [0.4, 0.5) is 0 Å². The SMILES string of the molecule is CSCCCCCCNCc1ccc2c(c1)OCCCO2. The second-order valence-electron chi connectivity index (χ2n) is 5.42. The Balaban J connectivity index is 1.63. The highest BCUT2D eigenvalue weighted by Gasteiger charge is 2.10. The Bertz CT molecular complexity index is 412. The maximum Gasteiger partial charge on any atom is 0.161 e. The maximum absolute atomic E-state index is 5.72. The Kier molecular flexibility index (Phi) is 7.82. The minimum Gasteiger partial charge on any atom is -0.490 e. The lowest BCUT2D eigenvalue weighted by Crippen LogP contribution is -2.14. The van der Waals surface area contributed by atoms with E-state index in [4.69, 9.17) is 9.47 Å². The topological polar surface area (TPSA) is 30.5 Å². The van der Waals surface area contributed by atoms with Gasteiger partial charge in [-0.25, -0.2) is 0 Å². The molecular formula is C17H27NO2S. The molecule has 0 atom stereocenters. The second kappa shape index (κ2) is 9.96. The summed E-state index contributed by atoms with van der Waals surface area (Å²) in [6.07, 6.45) is 8.43. The van der Waals surface area contributed by atoms with Crippen molar-refractivity contribution in [3.05, 3.63) is 23.8 Å². The van der Waals surface area contributed by atoms with Crippen molar-refractivity contribution in [2.24, 2.45) is 0 Å². The predicted octanol–water partition coefficient (Wildman–Crippen LogP) is 3.86. The third kappa shape index (κ3) is 6.18. The van der Waals surface area contributed by atoms with E-state index in [1.165, 1.54) is 37.0 Å². The molecule has 0 aromatic heterocycles. The molecule has 1 heterocycles. The monoisotopic (exact) mass is 309 g/mol. The first-order chi connectivity index (χ1) is 10.4. The van der Waals surface area contributed by atoms with Gasteiger partial charge in [0.25, 0.3) is 0 Å². The molecule has 0 bridgehead atoms. The third-order valence-electron chi connectivity index (χ3n) is 3.59. The molecular weight excluding hydrogens is 282 g/mol. The van der Waals surface area contributed by atoms with Gasteiger partial charge in [0.2, 0.25) is 0 Å². The van der Waals surface area contributed by atoms with Gasteiger partial charge in [0.1, 0.15) is 0 Å². The molecule has 0 saturated carbocycles. The third-order valence-corrected chi connectivity index (χ3v) is 4.29. The molecule has 0 aliphatic carbocycles. The first-order valence-electron chi connectivity index (χ1n) is 7.98. The van der Waals surface area contributed by atoms with Crippen LogP contribution in [-0.4, -0.2) is 31.8 Å². The fraction of sp³-hybridized carbons (Fsp3) is 0.647. The molecule has 1 N–H and O–H groups in total. The highest BCUT2D eigenvalue weighted by Crippen LogP contribution is 2.30. The van der Waals surface area contributed by atoms with Crippen LogP contribution in [0.1, 0.15) is 37.7 Å². The molecule has 1 aromatic carbocycles. The average molecular weight is 309 g/mol. The average Bonchev–Trinajstić information content (AvgIpc) is 2.74. The van der Waals surface area contributed by atoms with Gasteiger partial charge in [-0.2, -0.15) is 11.8 Å². The van der Waals surface area contributed by atoms with Gasteiger partial charge >= 0.3 is 0 Å². The predicted molar refractivity (Wildman–Crippen MR) is 90.6 cm³/mol. The normalized spacial score (nSPS) is 14.0. The highest BCUT2D eigenvalue weighted by atomic mass is 32.2. The Morgan fingerprint density at radius 3 is 2.71 bits per heavy atom. The van der Waals surface area contributed by atoms with E-state index in [-0.39, 0.29) is 0 Å². The molecule has 0 fully saturated rings. The zero-order valence-corrected chi connectivity index (χ0v) is 13.8. The van der Waals surface area contributed by atoms with E-state index in [9.17, 15) is 0 Å². The summed E-state index contributed by atoms with van der Waals surface area (Å²) >= 11 is 1.94. The quantitative estimate of drug-likeness (QED) is 0.702. The number of thioether (sulfide) groups is 1. The second-order valence-corrected chi connectivity index (χ2v) is 6.40. The van der Waals surface area contributed by atoms with E-state index < -0.39 is 0 Å². The van der Waals surface area contributed by atoms with Crippen LogP contribution in [0, 0.1) is 0 Å². The van der Waals surface area contributed by atoms with Gasteiger partial charge in [-0.15, -0.1) is 0 Å². The van der Waals surface area contributed by atoms with Crippen LogP contribution in [0.3, 0.4) is 0 Å². The van der Waals surface area contributed by atoms with Gasteiger partial charge < -0.3 is 14.8 Å². The number of benzene rings is 1. The van der Waals surface area contributed by atoms with Crippen molar-refractivity contribution in [2.45, 2.75) is 38.6 Å². The van der Waals surface area contributed by atoms with Crippen LogP contribution in [-0.2, 0) is 6.54 Å². The first kappa shape index (κ1) is 16.5. The summed E-state index contributed by atoms with van der Waals surface area (Å²) < 4.78 is 11.4. The van der Waals surface area contributed by atoms with Crippen LogP contribution >= 0.6 is 11.8 Å². The van der Waals surface area contributed by atoms with Gasteiger partial charge in [0, 0.05) is 13.0 Å². The number of fused-ring (bicyclic) bond motifs is 1. The molecule has 0 amide bonds. The van der Waals surface area contributed by atoms with Gasteiger partial charge in [0.15, 0.2) is 11.5 Å². The van der Waals surface area contributed by atoms with Crippen molar-refractivity contribution in [1.82, 2.24) is 5.32 Å². The summed E-state index contributed by atoms with van der Waals surface area (Å²) in [4.78, 5) is 0. The molecule has 2 rings (SSSR count). The smallest absolute Gasteiger partial charge is 0.161 e. The van der Waals surface area contributed by atoms with Crippen molar-refractivity contribution < 1.29 is 9.47 Å². The molecule has 3 nitrogen and oxygen atoms in total. The van der Waals surface area contributed by atoms with Crippen molar-refractivity contribution in [3.63, 3.8) is 0 Å². The molecule has 0 spiro atoms. The minimum atomic E-state index is 0.750. The zero-order chi connectivity index (χ0) is 14.8. The highest BCUT2D eigenvalue weighted by molar-refractivity contribution is 7.98. The maximum atomic E-state index is 5.72. The standard InChI is InChI=1S/C17H27NO2S/c1-21-12-5-3-2-4-9-18-14-15-7-8-16-17(13-15)20-11-6-10-19-16/h7-8,13,18H,2-6,9-12,14H2,1H3. The van der Waals surface area contributed by atoms with Crippen LogP contribution < -0.4 is 14.8 Å². The van der Waals surface area contributed by atoms with Crippen molar-refractivity contribution >= 4 is 11.8 Å². The van der Waals surface area contributed by atoms with E-state index in [1.54, 1.807) is 0 Å². The summed E-state index contributed by atoms with van der Waals surface area (Å²) in [5, 5.41) is 3.51. The lowest BCUT2D eigenvalue weighted by Gasteiger charge is -2.10. The molecule has 1 aliphatic heterocycles. The Morgan fingerprint density at radius 1 is 1.05 bits per heavy atom. The fourth-order valence-electron chi connectivity index (χ4n) is 2.40. The van der Waals surface area contributed by atoms with E-state index in [1.807, 2.05) is 17.8 Å². The van der Waals surface area contributed by atoms with Crippen LogP contribution in [0.2, 0.25) is 0 Å². The van der Waals surface area contributed by atoms with Crippen molar-refractivity contribution in [1.29, 1.82) is 0 Å². The number of unbranched alkanes of at least 4 members (excludes halogenated alkanes) is 3. The molecule has 1 aromatic rings. The largest absolute Gasteiger partial charge is 0.490 e. The lowest BCUT2D eigenvalue weighted by atomic mass is 10.2. The fourth-order valence-corrected chi connectivity index (χ4v) is 2.89. The van der Waals surface area contributed by atoms with Gasteiger partial charge in [0.05, 0.1) is 13.2 Å². The summed E-state index contributed by atoms with van der Waals surface area (Å²) in [6, 6.07) is 6.26. The van der Waals surface area contributed by atoms with E-state index in [0.29, 0.717) is 0 Å². The molecule has 21 heavy (non-hydrogen) atoms. The Hall–Kier alpha value is -0.870. The molecule has 1 aliphatic rings. The van der Waals surface area contributed by atoms with Gasteiger partial charge in [-0.3, -0.25) is 0 Å². The molecule has 0 radical (unpaired) electrons. The summed E-state index contributed by atoms with van der Waals surface area (Å²) in [7, 11) is 0. The van der Waals surface area contributed by atoms with E-state index >= 15 is 0 Å². The van der Waals surface area contributed by atoms with Crippen LogP contribution in [0.5, 0.6) is 11.5 Å². The molecule has 118 valence electrons. The van der Waals surface area contributed by atoms with Crippen LogP contribution in [0.25, 0.3) is 0 Å². The molecule has 4 heteroatoms. The van der Waals surface area contributed by atoms with Gasteiger partial charge in [-0.1, -0.05) is 18.9 Å². The first-order valence-corrected chi connectivity index (χ1v) is 9.38. The van der Waals surface area contributed by atoms with E-state index in [2.05, 4.69) is 23.7 Å². The molecule has 0 saturated heterocycles. The van der Waals surface area contributed by atoms with E-state index in [0.717, 1.165) is 44.2 Å². The summed E-state index contributed by atoms with van der Waals surface area (Å²) in [5.74, 6) is 3.07. The minimum absolute atomic E-state index is 0.750. The summed E-state index contributed by atoms with van der Waals surface area (Å²) in [5.41, 5.74) is 1.27. The Labute approximate surface area is 132 Å². The van der Waals surface area contributed by atoms with Crippen molar-refractivity contribution in [2.75, 3.05) is 31.8 Å². The molecule has 0 unspecified atom stereocenters. The van der Waals surface area contributed by atoms with Crippen molar-refractivity contribution in [3.8, 4) is 11.5 Å². The number of rotatable bonds is 9. The lowest BCUT2D eigenvalue weighted by molar-refractivity contribution is 0.297. The van der Waals surface area contributed by atoms with Gasteiger partial charge in [-0.05, 0) is 49.1 Å². The number of nitrogens with one attached hydrogen (secondary N) is 1. The summed E-state index contributed by atoms with van der Waals surface area (Å²) in [6.45, 7) is 3.50. The Morgan fingerprint density at radius 2 is 1.86 bits per heavy atom. The van der Waals surface area contributed by atoms with Crippen LogP contribution in [0.15, 0.2) is 18.2 Å². The number of ether oxygens (including phenoxy) is 2. The number of hydrogen-bond donors (Lipinski definition) is 1.